The van der Waals surface area contributed by atoms with Gasteiger partial charge in [-0.2, -0.15) is 10.2 Å². The van der Waals surface area contributed by atoms with E-state index in [1.54, 1.807) is 60.7 Å². The van der Waals surface area contributed by atoms with Gasteiger partial charge in [0.1, 0.15) is 5.71 Å². The van der Waals surface area contributed by atoms with E-state index in [0.29, 0.717) is 32.4 Å². The number of carbonyl (C=O) groups is 2. The molecule has 0 fully saturated rings. The average Bonchev–Trinajstić information content (AvgIpc) is 2.77. The van der Waals surface area contributed by atoms with Crippen molar-refractivity contribution >= 4 is 46.9 Å². The number of halogens is 2. The smallest absolute Gasteiger partial charge is 0.267 e. The van der Waals surface area contributed by atoms with E-state index in [4.69, 9.17) is 23.2 Å². The number of amides is 2. The van der Waals surface area contributed by atoms with E-state index in [0.717, 1.165) is 0 Å². The fraction of sp³-hybridized carbons (Fsp3) is 0. The van der Waals surface area contributed by atoms with E-state index < -0.39 is 11.8 Å². The summed E-state index contributed by atoms with van der Waals surface area (Å²) in [5.74, 6) is -0.938. The van der Waals surface area contributed by atoms with Gasteiger partial charge in [-0.1, -0.05) is 77.8 Å². The van der Waals surface area contributed by atoms with E-state index in [1.807, 2.05) is 18.2 Å². The topological polar surface area (TPSA) is 82.9 Å². The zero-order valence-corrected chi connectivity index (χ0v) is 17.1. The zero-order chi connectivity index (χ0) is 21.3. The highest BCUT2D eigenvalue weighted by Gasteiger charge is 2.10. The number of nitrogens with one attached hydrogen (secondary N) is 2. The highest BCUT2D eigenvalue weighted by molar-refractivity contribution is 6.38. The summed E-state index contributed by atoms with van der Waals surface area (Å²) in [7, 11) is 0. The van der Waals surface area contributed by atoms with Crippen molar-refractivity contribution in [3.05, 3.63) is 106 Å². The van der Waals surface area contributed by atoms with Gasteiger partial charge in [-0.25, -0.2) is 10.9 Å². The Hall–Kier alpha value is -3.48. The number of hydrogen-bond donors (Lipinski definition) is 2. The van der Waals surface area contributed by atoms with E-state index in [1.165, 1.54) is 6.21 Å². The summed E-state index contributed by atoms with van der Waals surface area (Å²) in [4.78, 5) is 24.6. The van der Waals surface area contributed by atoms with Crippen LogP contribution in [0.3, 0.4) is 0 Å². The van der Waals surface area contributed by atoms with Gasteiger partial charge in [-0.15, -0.1) is 0 Å². The molecule has 2 N–H and O–H groups in total. The molecule has 0 saturated carbocycles. The molecule has 0 saturated heterocycles. The Labute approximate surface area is 183 Å². The van der Waals surface area contributed by atoms with Crippen LogP contribution in [0.5, 0.6) is 0 Å². The minimum atomic E-state index is -0.470. The van der Waals surface area contributed by atoms with Crippen LogP contribution in [0.4, 0.5) is 0 Å². The fourth-order valence-electron chi connectivity index (χ4n) is 2.45. The van der Waals surface area contributed by atoms with Crippen molar-refractivity contribution in [1.82, 2.24) is 10.9 Å². The van der Waals surface area contributed by atoms with Crippen LogP contribution in [0.2, 0.25) is 10.0 Å². The van der Waals surface area contributed by atoms with Crippen molar-refractivity contribution in [2.45, 2.75) is 0 Å². The molecule has 3 rings (SSSR count). The summed E-state index contributed by atoms with van der Waals surface area (Å²) >= 11 is 12.1. The second kappa shape index (κ2) is 10.3. The maximum atomic E-state index is 12.4. The monoisotopic (exact) mass is 438 g/mol. The van der Waals surface area contributed by atoms with Crippen LogP contribution in [-0.4, -0.2) is 23.7 Å². The predicted molar refractivity (Wildman–Crippen MR) is 119 cm³/mol. The SMILES string of the molecule is O=C(N/N=C(\C=N\NC(=O)c1ccccc1Cl)c1ccccc1)c1ccccc1Cl. The lowest BCUT2D eigenvalue weighted by Crippen LogP contribution is -2.22. The van der Waals surface area contributed by atoms with Gasteiger partial charge in [-0.05, 0) is 24.3 Å². The summed E-state index contributed by atoms with van der Waals surface area (Å²) in [6.07, 6.45) is 1.33. The molecule has 2 amide bonds. The molecular formula is C22H16Cl2N4O2. The molecule has 0 aromatic heterocycles. The van der Waals surface area contributed by atoms with Gasteiger partial charge < -0.3 is 0 Å². The van der Waals surface area contributed by atoms with Crippen LogP contribution in [0.25, 0.3) is 0 Å². The number of hydrogen-bond acceptors (Lipinski definition) is 4. The summed E-state index contributed by atoms with van der Waals surface area (Å²) in [6.45, 7) is 0. The van der Waals surface area contributed by atoms with Crippen LogP contribution in [0.15, 0.2) is 89.1 Å². The number of hydrazone groups is 2. The first-order valence-corrected chi connectivity index (χ1v) is 9.58. The Morgan fingerprint density at radius 3 is 1.77 bits per heavy atom. The Morgan fingerprint density at radius 2 is 1.20 bits per heavy atom. The van der Waals surface area contributed by atoms with Crippen LogP contribution < -0.4 is 10.9 Å². The quantitative estimate of drug-likeness (QED) is 0.437. The summed E-state index contributed by atoms with van der Waals surface area (Å²) in [6, 6.07) is 22.3. The number of benzene rings is 3. The summed E-state index contributed by atoms with van der Waals surface area (Å²) in [5.41, 5.74) is 6.46. The third-order valence-corrected chi connectivity index (χ3v) is 4.60. The molecule has 30 heavy (non-hydrogen) atoms. The molecule has 0 bridgehead atoms. The molecular weight excluding hydrogens is 423 g/mol. The number of nitrogens with zero attached hydrogens (tertiary/aromatic N) is 2. The van der Waals surface area contributed by atoms with E-state index >= 15 is 0 Å². The number of carbonyl (C=O) groups excluding carboxylic acids is 2. The number of rotatable bonds is 6. The third kappa shape index (κ3) is 5.53. The Balaban J connectivity index is 1.78. The Kier molecular flexibility index (Phi) is 7.32. The van der Waals surface area contributed by atoms with Gasteiger partial charge in [0.05, 0.1) is 27.4 Å². The van der Waals surface area contributed by atoms with Crippen LogP contribution in [-0.2, 0) is 0 Å². The van der Waals surface area contributed by atoms with Gasteiger partial charge in [0.2, 0.25) is 0 Å². The standard InChI is InChI=1S/C22H16Cl2N4O2/c23-18-12-6-4-10-16(18)21(29)27-25-14-20(15-8-2-1-3-9-15)26-28-22(30)17-11-5-7-13-19(17)24/h1-14H,(H,27,29)(H,28,30)/b25-14+,26-20+. The molecule has 0 aliphatic rings. The van der Waals surface area contributed by atoms with E-state index in [9.17, 15) is 9.59 Å². The molecule has 0 radical (unpaired) electrons. The molecule has 0 unspecified atom stereocenters. The first kappa shape index (κ1) is 21.2. The largest absolute Gasteiger partial charge is 0.272 e. The Morgan fingerprint density at radius 1 is 0.700 bits per heavy atom. The second-order valence-electron chi connectivity index (χ2n) is 5.96. The van der Waals surface area contributed by atoms with Crippen LogP contribution in [0, 0.1) is 0 Å². The van der Waals surface area contributed by atoms with E-state index in [2.05, 4.69) is 21.1 Å². The predicted octanol–water partition coefficient (Wildman–Crippen LogP) is 4.54. The molecule has 0 spiro atoms. The second-order valence-corrected chi connectivity index (χ2v) is 6.78. The maximum absolute atomic E-state index is 12.4. The normalized spacial score (nSPS) is 11.3. The van der Waals surface area contributed by atoms with Crippen molar-refractivity contribution in [1.29, 1.82) is 0 Å². The van der Waals surface area contributed by atoms with Crippen LogP contribution >= 0.6 is 23.2 Å². The third-order valence-electron chi connectivity index (χ3n) is 3.94. The maximum Gasteiger partial charge on any atom is 0.272 e. The van der Waals surface area contributed by atoms with Gasteiger partial charge in [0.15, 0.2) is 0 Å². The molecule has 150 valence electrons. The van der Waals surface area contributed by atoms with Gasteiger partial charge in [0.25, 0.3) is 11.8 Å². The van der Waals surface area contributed by atoms with E-state index in [-0.39, 0.29) is 0 Å². The minimum absolute atomic E-state index is 0.291. The van der Waals surface area contributed by atoms with Crippen molar-refractivity contribution in [2.24, 2.45) is 10.2 Å². The lowest BCUT2D eigenvalue weighted by molar-refractivity contribution is 0.0946. The fourth-order valence-corrected chi connectivity index (χ4v) is 2.89. The molecule has 8 heteroatoms. The first-order valence-electron chi connectivity index (χ1n) is 8.82. The Bertz CT molecular complexity index is 1110. The van der Waals surface area contributed by atoms with Gasteiger partial charge in [-0.3, -0.25) is 9.59 Å². The molecule has 0 aliphatic carbocycles. The highest BCUT2D eigenvalue weighted by atomic mass is 35.5. The highest BCUT2D eigenvalue weighted by Crippen LogP contribution is 2.15. The molecule has 0 heterocycles. The summed E-state index contributed by atoms with van der Waals surface area (Å²) < 4.78 is 0. The first-order chi connectivity index (χ1) is 14.6. The zero-order valence-electron chi connectivity index (χ0n) is 15.5. The van der Waals surface area contributed by atoms with Crippen LogP contribution in [0.1, 0.15) is 26.3 Å². The lowest BCUT2D eigenvalue weighted by Gasteiger charge is -2.05. The van der Waals surface area contributed by atoms with Gasteiger partial charge in [0, 0.05) is 5.56 Å². The molecule has 0 atom stereocenters. The average molecular weight is 439 g/mol. The van der Waals surface area contributed by atoms with Crippen molar-refractivity contribution < 1.29 is 9.59 Å². The lowest BCUT2D eigenvalue weighted by atomic mass is 10.1. The minimum Gasteiger partial charge on any atom is -0.267 e. The van der Waals surface area contributed by atoms with Crippen molar-refractivity contribution in [2.75, 3.05) is 0 Å². The molecule has 3 aromatic rings. The molecule has 3 aromatic carbocycles. The molecule has 0 aliphatic heterocycles. The van der Waals surface area contributed by atoms with Crippen molar-refractivity contribution in [3.8, 4) is 0 Å². The summed E-state index contributed by atoms with van der Waals surface area (Å²) in [5, 5.41) is 8.70. The van der Waals surface area contributed by atoms with Crippen molar-refractivity contribution in [3.63, 3.8) is 0 Å². The van der Waals surface area contributed by atoms with Gasteiger partial charge >= 0.3 is 0 Å². The molecule has 6 nitrogen and oxygen atoms in total.